The summed E-state index contributed by atoms with van der Waals surface area (Å²) in [5, 5.41) is 3.61. The maximum Gasteiger partial charge on any atom is 0.122 e. The second-order valence-electron chi connectivity index (χ2n) is 5.00. The van der Waals surface area contributed by atoms with Gasteiger partial charge in [-0.1, -0.05) is 22.9 Å². The zero-order valence-electron chi connectivity index (χ0n) is 11.2. The molecule has 3 heteroatoms. The highest BCUT2D eigenvalue weighted by molar-refractivity contribution is 9.10. The Morgan fingerprint density at radius 2 is 2.22 bits per heavy atom. The molecule has 0 spiro atoms. The van der Waals surface area contributed by atoms with Crippen LogP contribution in [0.25, 0.3) is 0 Å². The Morgan fingerprint density at radius 3 is 2.83 bits per heavy atom. The van der Waals surface area contributed by atoms with Crippen molar-refractivity contribution in [2.24, 2.45) is 5.92 Å². The fourth-order valence-electron chi connectivity index (χ4n) is 2.52. The summed E-state index contributed by atoms with van der Waals surface area (Å²) in [6.45, 7) is 3.26. The van der Waals surface area contributed by atoms with Gasteiger partial charge in [0.15, 0.2) is 0 Å². The van der Waals surface area contributed by atoms with Crippen LogP contribution in [0.2, 0.25) is 0 Å². The average Bonchev–Trinajstić information content (AvgIpc) is 3.19. The molecule has 1 N–H and O–H groups in total. The second-order valence-corrected chi connectivity index (χ2v) is 5.91. The maximum absolute atomic E-state index is 5.43. The predicted octanol–water partition coefficient (Wildman–Crippen LogP) is 3.78. The van der Waals surface area contributed by atoms with Crippen LogP contribution in [-0.2, 0) is 6.42 Å². The molecule has 0 aromatic heterocycles. The molecule has 1 aliphatic rings. The van der Waals surface area contributed by atoms with E-state index in [0.29, 0.717) is 6.04 Å². The van der Waals surface area contributed by atoms with Crippen LogP contribution in [-0.4, -0.2) is 19.7 Å². The summed E-state index contributed by atoms with van der Waals surface area (Å²) >= 11 is 3.53. The number of rotatable bonds is 7. The van der Waals surface area contributed by atoms with E-state index in [-0.39, 0.29) is 0 Å². The number of ether oxygens (including phenoxy) is 1. The molecule has 1 unspecified atom stereocenters. The monoisotopic (exact) mass is 311 g/mol. The summed E-state index contributed by atoms with van der Waals surface area (Å²) in [7, 11) is 1.75. The molecule has 0 amide bonds. The van der Waals surface area contributed by atoms with E-state index < -0.39 is 0 Å². The van der Waals surface area contributed by atoms with Gasteiger partial charge in [0.1, 0.15) is 5.75 Å². The SMILES string of the molecule is CCNC(CCc1cc(Br)ccc1OC)C1CC1. The lowest BCUT2D eigenvalue weighted by atomic mass is 10.0. The van der Waals surface area contributed by atoms with Crippen LogP contribution in [0.5, 0.6) is 5.75 Å². The third kappa shape index (κ3) is 3.72. The average molecular weight is 312 g/mol. The standard InChI is InChI=1S/C15H22BrNO/c1-3-17-14(11-4-5-11)8-6-12-10-13(16)7-9-15(12)18-2/h7,9-11,14,17H,3-6,8H2,1-2H3. The van der Waals surface area contributed by atoms with Gasteiger partial charge in [-0.05, 0) is 61.9 Å². The molecule has 2 rings (SSSR count). The van der Waals surface area contributed by atoms with Crippen LogP contribution in [0, 0.1) is 5.92 Å². The molecular weight excluding hydrogens is 290 g/mol. The van der Waals surface area contributed by atoms with Gasteiger partial charge in [-0.2, -0.15) is 0 Å². The predicted molar refractivity (Wildman–Crippen MR) is 79.2 cm³/mol. The fourth-order valence-corrected chi connectivity index (χ4v) is 2.93. The van der Waals surface area contributed by atoms with E-state index in [1.807, 2.05) is 12.1 Å². The number of halogens is 1. The lowest BCUT2D eigenvalue weighted by Gasteiger charge is -2.18. The van der Waals surface area contributed by atoms with Gasteiger partial charge < -0.3 is 10.1 Å². The number of aryl methyl sites for hydroxylation is 1. The van der Waals surface area contributed by atoms with Gasteiger partial charge in [-0.3, -0.25) is 0 Å². The molecular formula is C15H22BrNO. The molecule has 0 aliphatic heterocycles. The molecule has 18 heavy (non-hydrogen) atoms. The Bertz CT molecular complexity index is 390. The third-order valence-corrected chi connectivity index (χ3v) is 4.12. The van der Waals surface area contributed by atoms with Crippen molar-refractivity contribution < 1.29 is 4.74 Å². The number of nitrogens with one attached hydrogen (secondary N) is 1. The van der Waals surface area contributed by atoms with E-state index in [1.165, 1.54) is 24.8 Å². The van der Waals surface area contributed by atoms with E-state index in [2.05, 4.69) is 34.2 Å². The zero-order valence-corrected chi connectivity index (χ0v) is 12.8. The highest BCUT2D eigenvalue weighted by Crippen LogP contribution is 2.35. The van der Waals surface area contributed by atoms with E-state index in [0.717, 1.165) is 29.1 Å². The molecule has 1 aliphatic carbocycles. The molecule has 0 bridgehead atoms. The molecule has 0 heterocycles. The maximum atomic E-state index is 5.43. The second kappa shape index (κ2) is 6.58. The van der Waals surface area contributed by atoms with Gasteiger partial charge in [-0.25, -0.2) is 0 Å². The third-order valence-electron chi connectivity index (χ3n) is 3.62. The Morgan fingerprint density at radius 1 is 1.44 bits per heavy atom. The summed E-state index contributed by atoms with van der Waals surface area (Å²) in [4.78, 5) is 0. The number of hydrogen-bond donors (Lipinski definition) is 1. The van der Waals surface area contributed by atoms with E-state index in [9.17, 15) is 0 Å². The Balaban J connectivity index is 1.97. The first-order chi connectivity index (χ1) is 8.74. The largest absolute Gasteiger partial charge is 0.496 e. The molecule has 1 aromatic rings. The lowest BCUT2D eigenvalue weighted by molar-refractivity contribution is 0.402. The van der Waals surface area contributed by atoms with Crippen molar-refractivity contribution in [3.05, 3.63) is 28.2 Å². The van der Waals surface area contributed by atoms with Crippen molar-refractivity contribution in [2.75, 3.05) is 13.7 Å². The molecule has 1 aromatic carbocycles. The van der Waals surface area contributed by atoms with Crippen LogP contribution in [0.15, 0.2) is 22.7 Å². The summed E-state index contributed by atoms with van der Waals surface area (Å²) in [5.41, 5.74) is 1.30. The minimum absolute atomic E-state index is 0.679. The minimum Gasteiger partial charge on any atom is -0.496 e. The van der Waals surface area contributed by atoms with Crippen LogP contribution in [0.3, 0.4) is 0 Å². The number of methoxy groups -OCH3 is 1. The fraction of sp³-hybridized carbons (Fsp3) is 0.600. The van der Waals surface area contributed by atoms with Crippen LogP contribution in [0.4, 0.5) is 0 Å². The molecule has 1 saturated carbocycles. The summed E-state index contributed by atoms with van der Waals surface area (Å²) in [5.74, 6) is 1.91. The van der Waals surface area contributed by atoms with Crippen LogP contribution < -0.4 is 10.1 Å². The smallest absolute Gasteiger partial charge is 0.122 e. The van der Waals surface area contributed by atoms with Gasteiger partial charge >= 0.3 is 0 Å². The van der Waals surface area contributed by atoms with Gasteiger partial charge in [-0.15, -0.1) is 0 Å². The normalized spacial score (nSPS) is 16.6. The first-order valence-electron chi connectivity index (χ1n) is 6.80. The van der Waals surface area contributed by atoms with Crippen LogP contribution >= 0.6 is 15.9 Å². The van der Waals surface area contributed by atoms with Gasteiger partial charge in [0, 0.05) is 10.5 Å². The minimum atomic E-state index is 0.679. The van der Waals surface area contributed by atoms with E-state index in [4.69, 9.17) is 4.74 Å². The molecule has 1 fully saturated rings. The van der Waals surface area contributed by atoms with Crippen molar-refractivity contribution in [1.82, 2.24) is 5.32 Å². The molecule has 100 valence electrons. The zero-order chi connectivity index (χ0) is 13.0. The van der Waals surface area contributed by atoms with Crippen molar-refractivity contribution >= 4 is 15.9 Å². The van der Waals surface area contributed by atoms with E-state index >= 15 is 0 Å². The molecule has 1 atom stereocenters. The molecule has 2 nitrogen and oxygen atoms in total. The van der Waals surface area contributed by atoms with Crippen molar-refractivity contribution in [3.8, 4) is 5.75 Å². The van der Waals surface area contributed by atoms with Gasteiger partial charge in [0.25, 0.3) is 0 Å². The summed E-state index contributed by atoms with van der Waals surface area (Å²) < 4.78 is 6.56. The Kier molecular flexibility index (Phi) is 5.07. The first kappa shape index (κ1) is 13.9. The van der Waals surface area contributed by atoms with Crippen molar-refractivity contribution in [2.45, 2.75) is 38.6 Å². The topological polar surface area (TPSA) is 21.3 Å². The highest BCUT2D eigenvalue weighted by atomic mass is 79.9. The van der Waals surface area contributed by atoms with Crippen LogP contribution in [0.1, 0.15) is 31.7 Å². The molecule has 0 saturated heterocycles. The highest BCUT2D eigenvalue weighted by Gasteiger charge is 2.30. The van der Waals surface area contributed by atoms with Crippen molar-refractivity contribution in [3.63, 3.8) is 0 Å². The quantitative estimate of drug-likeness (QED) is 0.827. The van der Waals surface area contributed by atoms with Crippen molar-refractivity contribution in [1.29, 1.82) is 0 Å². The van der Waals surface area contributed by atoms with Gasteiger partial charge in [0.05, 0.1) is 7.11 Å². The van der Waals surface area contributed by atoms with E-state index in [1.54, 1.807) is 7.11 Å². The number of benzene rings is 1. The summed E-state index contributed by atoms with van der Waals surface area (Å²) in [6.07, 6.45) is 5.07. The first-order valence-corrected chi connectivity index (χ1v) is 7.59. The number of hydrogen-bond acceptors (Lipinski definition) is 2. The summed E-state index contributed by atoms with van der Waals surface area (Å²) in [6, 6.07) is 6.93. The Hall–Kier alpha value is -0.540. The van der Waals surface area contributed by atoms with Gasteiger partial charge in [0.2, 0.25) is 0 Å². The molecule has 0 radical (unpaired) electrons. The lowest BCUT2D eigenvalue weighted by Crippen LogP contribution is -2.31. The Labute approximate surface area is 118 Å².